The molecule has 0 aliphatic heterocycles. The molecule has 0 saturated carbocycles. The molecule has 2 atom stereocenters. The molecule has 2 amide bonds. The van der Waals surface area contributed by atoms with E-state index in [1.54, 1.807) is 25.1 Å². The summed E-state index contributed by atoms with van der Waals surface area (Å²) in [5.74, 6) is -0.781. The Morgan fingerprint density at radius 1 is 1.07 bits per heavy atom. The van der Waals surface area contributed by atoms with Crippen molar-refractivity contribution in [1.29, 1.82) is 0 Å². The van der Waals surface area contributed by atoms with Crippen LogP contribution in [0.25, 0.3) is 0 Å². The van der Waals surface area contributed by atoms with Crippen LogP contribution >= 0.6 is 0 Å². The summed E-state index contributed by atoms with van der Waals surface area (Å²) in [6.07, 6.45) is 1.63. The van der Waals surface area contributed by atoms with Gasteiger partial charge in [-0.25, -0.2) is 4.39 Å². The van der Waals surface area contributed by atoms with Crippen molar-refractivity contribution in [2.45, 2.75) is 25.9 Å². The van der Waals surface area contributed by atoms with Gasteiger partial charge in [0.1, 0.15) is 5.82 Å². The highest BCUT2D eigenvalue weighted by Gasteiger charge is 2.15. The lowest BCUT2D eigenvalue weighted by Crippen LogP contribution is -2.43. The minimum Gasteiger partial charge on any atom is -0.351 e. The van der Waals surface area contributed by atoms with E-state index in [-0.39, 0.29) is 29.7 Å². The Bertz CT molecular complexity index is 788. The zero-order valence-corrected chi connectivity index (χ0v) is 15.5. The van der Waals surface area contributed by atoms with Gasteiger partial charge in [-0.05, 0) is 55.8 Å². The molecule has 0 fully saturated rings. The molecule has 2 unspecified atom stereocenters. The Kier molecular flexibility index (Phi) is 7.25. The second-order valence-corrected chi connectivity index (χ2v) is 6.23. The number of rotatable bonds is 8. The minimum absolute atomic E-state index is 0.0451. The number of anilines is 1. The molecule has 6 heteroatoms. The van der Waals surface area contributed by atoms with Gasteiger partial charge in [0, 0.05) is 23.8 Å². The van der Waals surface area contributed by atoms with Crippen LogP contribution in [-0.4, -0.2) is 24.4 Å². The second-order valence-electron chi connectivity index (χ2n) is 6.23. The fourth-order valence-electron chi connectivity index (χ4n) is 2.53. The predicted octanol–water partition coefficient (Wildman–Crippen LogP) is 3.42. The number of nitrogens with one attached hydrogen (secondary N) is 3. The van der Waals surface area contributed by atoms with Crippen molar-refractivity contribution < 1.29 is 14.0 Å². The minimum atomic E-state index is -0.384. The number of halogens is 1. The number of amides is 2. The number of hydrogen-bond donors (Lipinski definition) is 3. The first-order chi connectivity index (χ1) is 12.9. The van der Waals surface area contributed by atoms with Gasteiger partial charge in [0.2, 0.25) is 5.91 Å². The fourth-order valence-corrected chi connectivity index (χ4v) is 2.53. The molecule has 5 nitrogen and oxygen atoms in total. The number of hydrogen-bond acceptors (Lipinski definition) is 3. The highest BCUT2D eigenvalue weighted by molar-refractivity contribution is 6.04. The molecule has 0 spiro atoms. The molecular weight excluding hydrogens is 345 g/mol. The molecule has 0 saturated heterocycles. The first-order valence-electron chi connectivity index (χ1n) is 8.72. The number of carbonyl (C=O) groups excluding carboxylic acids is 2. The molecule has 2 aromatic rings. The molecule has 2 rings (SSSR count). The molecule has 0 aliphatic carbocycles. The van der Waals surface area contributed by atoms with Crippen LogP contribution in [0.1, 0.15) is 35.8 Å². The average molecular weight is 369 g/mol. The van der Waals surface area contributed by atoms with Gasteiger partial charge < -0.3 is 10.6 Å². The SMILES string of the molecule is C=CCNC(=O)C(C)NC(C)c1ccc(NC(=O)c2ccc(F)cc2)cc1. The first-order valence-corrected chi connectivity index (χ1v) is 8.72. The Labute approximate surface area is 158 Å². The van der Waals surface area contributed by atoms with E-state index in [0.29, 0.717) is 17.8 Å². The maximum Gasteiger partial charge on any atom is 0.255 e. The molecule has 0 bridgehead atoms. The zero-order valence-electron chi connectivity index (χ0n) is 15.5. The predicted molar refractivity (Wildman–Crippen MR) is 105 cm³/mol. The van der Waals surface area contributed by atoms with E-state index in [1.165, 1.54) is 24.3 Å². The third-order valence-electron chi connectivity index (χ3n) is 4.09. The van der Waals surface area contributed by atoms with Gasteiger partial charge in [-0.3, -0.25) is 14.9 Å². The van der Waals surface area contributed by atoms with E-state index in [9.17, 15) is 14.0 Å². The van der Waals surface area contributed by atoms with Crippen LogP contribution in [0.4, 0.5) is 10.1 Å². The van der Waals surface area contributed by atoms with Crippen LogP contribution in [0, 0.1) is 5.82 Å². The second kappa shape index (κ2) is 9.64. The third-order valence-corrected chi connectivity index (χ3v) is 4.09. The maximum atomic E-state index is 12.9. The van der Waals surface area contributed by atoms with Gasteiger partial charge >= 0.3 is 0 Å². The molecule has 142 valence electrons. The van der Waals surface area contributed by atoms with E-state index in [2.05, 4.69) is 22.5 Å². The van der Waals surface area contributed by atoms with Gasteiger partial charge in [0.15, 0.2) is 0 Å². The van der Waals surface area contributed by atoms with Crippen LogP contribution in [0.3, 0.4) is 0 Å². The molecule has 0 radical (unpaired) electrons. The van der Waals surface area contributed by atoms with Gasteiger partial charge in [-0.2, -0.15) is 0 Å². The van der Waals surface area contributed by atoms with Gasteiger partial charge in [-0.15, -0.1) is 6.58 Å². The topological polar surface area (TPSA) is 70.2 Å². The summed E-state index contributed by atoms with van der Waals surface area (Å²) >= 11 is 0. The molecule has 3 N–H and O–H groups in total. The van der Waals surface area contributed by atoms with Crippen LogP contribution < -0.4 is 16.0 Å². The van der Waals surface area contributed by atoms with Crippen molar-refractivity contribution in [3.8, 4) is 0 Å². The zero-order chi connectivity index (χ0) is 19.8. The number of benzene rings is 2. The van der Waals surface area contributed by atoms with Gasteiger partial charge in [-0.1, -0.05) is 18.2 Å². The average Bonchev–Trinajstić information content (AvgIpc) is 2.66. The van der Waals surface area contributed by atoms with Crippen molar-refractivity contribution in [2.75, 3.05) is 11.9 Å². The normalized spacial score (nSPS) is 12.7. The summed E-state index contributed by atoms with van der Waals surface area (Å²) in [4.78, 5) is 24.1. The Morgan fingerprint density at radius 2 is 1.70 bits per heavy atom. The smallest absolute Gasteiger partial charge is 0.255 e. The van der Waals surface area contributed by atoms with Crippen molar-refractivity contribution in [1.82, 2.24) is 10.6 Å². The van der Waals surface area contributed by atoms with E-state index in [4.69, 9.17) is 0 Å². The fraction of sp³-hybridized carbons (Fsp3) is 0.238. The molecule has 0 aliphatic rings. The maximum absolute atomic E-state index is 12.9. The monoisotopic (exact) mass is 369 g/mol. The Balaban J connectivity index is 1.93. The largest absolute Gasteiger partial charge is 0.351 e. The third kappa shape index (κ3) is 6.04. The summed E-state index contributed by atoms with van der Waals surface area (Å²) in [7, 11) is 0. The van der Waals surface area contributed by atoms with Crippen molar-refractivity contribution >= 4 is 17.5 Å². The van der Waals surface area contributed by atoms with Crippen molar-refractivity contribution in [3.05, 3.63) is 78.1 Å². The summed E-state index contributed by atoms with van der Waals surface area (Å²) < 4.78 is 12.9. The van der Waals surface area contributed by atoms with E-state index in [1.807, 2.05) is 19.1 Å². The quantitative estimate of drug-likeness (QED) is 0.625. The summed E-state index contributed by atoms with van der Waals surface area (Å²) in [6, 6.07) is 12.3. The summed E-state index contributed by atoms with van der Waals surface area (Å²) in [5.41, 5.74) is 2.00. The van der Waals surface area contributed by atoms with Crippen LogP contribution in [0.2, 0.25) is 0 Å². The lowest BCUT2D eigenvalue weighted by atomic mass is 10.1. The van der Waals surface area contributed by atoms with Crippen LogP contribution in [0.15, 0.2) is 61.2 Å². The van der Waals surface area contributed by atoms with E-state index >= 15 is 0 Å². The Morgan fingerprint density at radius 3 is 2.30 bits per heavy atom. The lowest BCUT2D eigenvalue weighted by molar-refractivity contribution is -0.122. The van der Waals surface area contributed by atoms with Gasteiger partial charge in [0.25, 0.3) is 5.91 Å². The molecule has 2 aromatic carbocycles. The van der Waals surface area contributed by atoms with E-state index < -0.39 is 0 Å². The highest BCUT2D eigenvalue weighted by Crippen LogP contribution is 2.17. The van der Waals surface area contributed by atoms with Crippen LogP contribution in [0.5, 0.6) is 0 Å². The van der Waals surface area contributed by atoms with Crippen molar-refractivity contribution in [3.63, 3.8) is 0 Å². The standard InChI is InChI=1S/C21H24FN3O2/c1-4-13-23-20(26)15(3)24-14(2)16-7-11-19(12-8-16)25-21(27)17-5-9-18(22)10-6-17/h4-12,14-15,24H,1,13H2,2-3H3,(H,23,26)(H,25,27). The Hall–Kier alpha value is -2.99. The molecule has 0 aromatic heterocycles. The summed E-state index contributed by atoms with van der Waals surface area (Å²) in [6.45, 7) is 7.76. The molecule has 27 heavy (non-hydrogen) atoms. The molecular formula is C21H24FN3O2. The first kappa shape index (κ1) is 20.3. The number of carbonyl (C=O) groups is 2. The summed E-state index contributed by atoms with van der Waals surface area (Å²) in [5, 5.41) is 8.75. The lowest BCUT2D eigenvalue weighted by Gasteiger charge is -2.20. The van der Waals surface area contributed by atoms with Crippen molar-refractivity contribution in [2.24, 2.45) is 0 Å². The van der Waals surface area contributed by atoms with E-state index in [0.717, 1.165) is 5.56 Å². The van der Waals surface area contributed by atoms with Gasteiger partial charge in [0.05, 0.1) is 6.04 Å². The molecule has 0 heterocycles. The van der Waals surface area contributed by atoms with Crippen LogP contribution in [-0.2, 0) is 4.79 Å². The highest BCUT2D eigenvalue weighted by atomic mass is 19.1.